The van der Waals surface area contributed by atoms with Gasteiger partial charge in [0.25, 0.3) is 5.06 Å². The number of carbonyl (C=O) groups excluding carboxylic acids is 1. The predicted octanol–water partition coefficient (Wildman–Crippen LogP) is 3.18. The number of amides is 1. The SMILES string of the molecule is CC(=O)NC1([N+](=O)[O-])C=CC2=C(C=C(C)C3(O2)Sc2ccccc2N3C)C1. The molecule has 1 aliphatic carbocycles. The number of nitro groups is 1. The summed E-state index contributed by atoms with van der Waals surface area (Å²) in [6, 6.07) is 8.07. The van der Waals surface area contributed by atoms with E-state index in [-0.39, 0.29) is 6.42 Å². The van der Waals surface area contributed by atoms with Crippen LogP contribution in [0.2, 0.25) is 0 Å². The van der Waals surface area contributed by atoms with E-state index in [4.69, 9.17) is 4.74 Å². The van der Waals surface area contributed by atoms with E-state index in [1.807, 2.05) is 38.2 Å². The minimum absolute atomic E-state index is 0.0418. The number of para-hydroxylation sites is 1. The highest BCUT2D eigenvalue weighted by atomic mass is 32.2. The standard InChI is InChI=1S/C19H19N3O4S/c1-12-10-14-11-18(22(24)25,20-13(2)23)9-8-16(14)26-19(12)21(3)15-6-4-5-7-17(15)27-19/h4-10H,11H2,1-3H3,(H,20,23). The summed E-state index contributed by atoms with van der Waals surface area (Å²) in [4.78, 5) is 25.9. The van der Waals surface area contributed by atoms with E-state index >= 15 is 0 Å². The molecule has 8 heteroatoms. The van der Waals surface area contributed by atoms with Crippen LogP contribution in [0, 0.1) is 10.1 Å². The second-order valence-electron chi connectivity index (χ2n) is 6.90. The van der Waals surface area contributed by atoms with Gasteiger partial charge in [0.15, 0.2) is 0 Å². The molecule has 1 aromatic rings. The van der Waals surface area contributed by atoms with E-state index in [0.717, 1.165) is 16.2 Å². The maximum atomic E-state index is 11.7. The zero-order chi connectivity index (χ0) is 19.4. The van der Waals surface area contributed by atoms with Crippen LogP contribution < -0.4 is 10.2 Å². The Hall–Kier alpha value is -2.74. The van der Waals surface area contributed by atoms with Gasteiger partial charge in [0, 0.05) is 36.1 Å². The van der Waals surface area contributed by atoms with Crippen molar-refractivity contribution in [2.45, 2.75) is 35.9 Å². The molecule has 7 nitrogen and oxygen atoms in total. The number of nitrogens with one attached hydrogen (secondary N) is 1. The molecule has 0 radical (unpaired) electrons. The van der Waals surface area contributed by atoms with E-state index in [2.05, 4.69) is 16.3 Å². The first-order valence-electron chi connectivity index (χ1n) is 8.53. The number of hydrogen-bond donors (Lipinski definition) is 1. The van der Waals surface area contributed by atoms with Gasteiger partial charge < -0.3 is 9.64 Å². The lowest BCUT2D eigenvalue weighted by atomic mass is 9.90. The molecule has 140 valence electrons. The van der Waals surface area contributed by atoms with Crippen molar-refractivity contribution in [2.24, 2.45) is 0 Å². The molecule has 27 heavy (non-hydrogen) atoms. The lowest BCUT2D eigenvalue weighted by Gasteiger charge is -2.42. The number of rotatable bonds is 2. The minimum atomic E-state index is -1.65. The molecule has 2 aliphatic heterocycles. The number of carbonyl (C=O) groups is 1. The molecule has 1 aromatic carbocycles. The number of fused-ring (bicyclic) bond motifs is 1. The van der Waals surface area contributed by atoms with E-state index in [1.165, 1.54) is 13.0 Å². The topological polar surface area (TPSA) is 84.7 Å². The third kappa shape index (κ3) is 2.55. The number of ether oxygens (including phenoxy) is 1. The molecule has 0 fully saturated rings. The molecular weight excluding hydrogens is 366 g/mol. The largest absolute Gasteiger partial charge is 0.454 e. The van der Waals surface area contributed by atoms with Crippen molar-refractivity contribution in [3.05, 3.63) is 69.5 Å². The summed E-state index contributed by atoms with van der Waals surface area (Å²) in [5, 5.41) is 13.4. The van der Waals surface area contributed by atoms with Crippen LogP contribution >= 0.6 is 11.8 Å². The smallest absolute Gasteiger partial charge is 0.319 e. The summed E-state index contributed by atoms with van der Waals surface area (Å²) < 4.78 is 6.40. The number of nitrogens with zero attached hydrogens (tertiary/aromatic N) is 2. The molecule has 0 saturated carbocycles. The van der Waals surface area contributed by atoms with Crippen LogP contribution in [-0.4, -0.2) is 28.6 Å². The maximum absolute atomic E-state index is 11.7. The van der Waals surface area contributed by atoms with Gasteiger partial charge in [0.1, 0.15) is 5.76 Å². The van der Waals surface area contributed by atoms with Crippen molar-refractivity contribution in [2.75, 3.05) is 11.9 Å². The maximum Gasteiger partial charge on any atom is 0.319 e. The predicted molar refractivity (Wildman–Crippen MR) is 103 cm³/mol. The molecule has 2 unspecified atom stereocenters. The highest BCUT2D eigenvalue weighted by molar-refractivity contribution is 8.01. The quantitative estimate of drug-likeness (QED) is 0.478. The fraction of sp³-hybridized carbons (Fsp3) is 0.316. The van der Waals surface area contributed by atoms with Crippen LogP contribution in [0.25, 0.3) is 0 Å². The summed E-state index contributed by atoms with van der Waals surface area (Å²) in [6.45, 7) is 3.24. The molecule has 3 aliphatic rings. The summed E-state index contributed by atoms with van der Waals surface area (Å²) >= 11 is 1.61. The van der Waals surface area contributed by atoms with Crippen LogP contribution in [0.1, 0.15) is 20.3 Å². The molecular formula is C19H19N3O4S. The van der Waals surface area contributed by atoms with Gasteiger partial charge in [-0.2, -0.15) is 0 Å². The second-order valence-corrected chi connectivity index (χ2v) is 8.10. The Balaban J connectivity index is 1.69. The van der Waals surface area contributed by atoms with Gasteiger partial charge in [-0.3, -0.25) is 20.2 Å². The third-order valence-electron chi connectivity index (χ3n) is 5.06. The number of hydrogen-bond acceptors (Lipinski definition) is 6. The van der Waals surface area contributed by atoms with Gasteiger partial charge in [-0.05, 0) is 43.0 Å². The lowest BCUT2D eigenvalue weighted by molar-refractivity contribution is -0.560. The van der Waals surface area contributed by atoms with Crippen LogP contribution in [0.5, 0.6) is 0 Å². The van der Waals surface area contributed by atoms with Crippen molar-refractivity contribution in [1.82, 2.24) is 5.32 Å². The summed E-state index contributed by atoms with van der Waals surface area (Å²) in [6.07, 6.45) is 4.99. The van der Waals surface area contributed by atoms with E-state index in [9.17, 15) is 14.9 Å². The van der Waals surface area contributed by atoms with Crippen molar-refractivity contribution < 1.29 is 14.5 Å². The minimum Gasteiger partial charge on any atom is -0.454 e. The van der Waals surface area contributed by atoms with Gasteiger partial charge in [-0.1, -0.05) is 12.1 Å². The van der Waals surface area contributed by atoms with E-state index in [0.29, 0.717) is 11.3 Å². The van der Waals surface area contributed by atoms with Crippen LogP contribution in [0.4, 0.5) is 5.69 Å². The highest BCUT2D eigenvalue weighted by Crippen LogP contribution is 2.56. The van der Waals surface area contributed by atoms with Crippen LogP contribution in [0.15, 0.2) is 64.3 Å². The van der Waals surface area contributed by atoms with Crippen molar-refractivity contribution in [1.29, 1.82) is 0 Å². The Morgan fingerprint density at radius 1 is 1.41 bits per heavy atom. The number of anilines is 1. The Morgan fingerprint density at radius 2 is 2.15 bits per heavy atom. The zero-order valence-corrected chi connectivity index (χ0v) is 16.0. The summed E-state index contributed by atoms with van der Waals surface area (Å²) in [5.74, 6) is 0.145. The van der Waals surface area contributed by atoms with Gasteiger partial charge in [-0.25, -0.2) is 0 Å². The van der Waals surface area contributed by atoms with E-state index < -0.39 is 21.6 Å². The van der Waals surface area contributed by atoms with Gasteiger partial charge in [0.2, 0.25) is 5.91 Å². The second kappa shape index (κ2) is 5.88. The summed E-state index contributed by atoms with van der Waals surface area (Å²) in [5.41, 5.74) is 1.08. The van der Waals surface area contributed by atoms with Crippen molar-refractivity contribution in [3.8, 4) is 0 Å². The third-order valence-corrected chi connectivity index (χ3v) is 6.58. The van der Waals surface area contributed by atoms with Gasteiger partial charge >= 0.3 is 5.66 Å². The normalized spacial score (nSPS) is 28.4. The Kier molecular flexibility index (Phi) is 3.85. The fourth-order valence-corrected chi connectivity index (χ4v) is 5.09. The van der Waals surface area contributed by atoms with E-state index in [1.54, 1.807) is 17.8 Å². The average molecular weight is 385 g/mol. The fourth-order valence-electron chi connectivity index (χ4n) is 3.75. The van der Waals surface area contributed by atoms with Crippen LogP contribution in [-0.2, 0) is 9.53 Å². The first-order chi connectivity index (χ1) is 12.8. The number of allylic oxidation sites excluding steroid dienone is 2. The highest BCUT2D eigenvalue weighted by Gasteiger charge is 2.52. The Bertz CT molecular complexity index is 954. The van der Waals surface area contributed by atoms with Gasteiger partial charge in [0.05, 0.1) is 17.0 Å². The Morgan fingerprint density at radius 3 is 2.81 bits per heavy atom. The molecule has 0 aromatic heterocycles. The van der Waals surface area contributed by atoms with Crippen molar-refractivity contribution in [3.63, 3.8) is 0 Å². The summed E-state index contributed by atoms with van der Waals surface area (Å²) in [7, 11) is 1.98. The van der Waals surface area contributed by atoms with Gasteiger partial charge in [-0.15, -0.1) is 0 Å². The van der Waals surface area contributed by atoms with Crippen molar-refractivity contribution >= 4 is 23.4 Å². The number of thioether (sulfide) groups is 1. The molecule has 0 saturated heterocycles. The van der Waals surface area contributed by atoms with Crippen LogP contribution in [0.3, 0.4) is 0 Å². The number of benzene rings is 1. The number of likely N-dealkylation sites (N-methyl/N-ethyl adjacent to an activating group) is 1. The molecule has 1 amide bonds. The molecule has 2 heterocycles. The molecule has 1 spiro atoms. The molecule has 4 rings (SSSR count). The lowest BCUT2D eigenvalue weighted by Crippen LogP contribution is -2.54. The zero-order valence-electron chi connectivity index (χ0n) is 15.2. The Labute approximate surface area is 160 Å². The average Bonchev–Trinajstić information content (AvgIpc) is 2.89. The molecule has 0 bridgehead atoms. The molecule has 2 atom stereocenters. The monoisotopic (exact) mass is 385 g/mol. The first-order valence-corrected chi connectivity index (χ1v) is 9.34. The first kappa shape index (κ1) is 17.7. The molecule has 1 N–H and O–H groups in total.